The molecule has 0 aromatic heterocycles. The fourth-order valence-electron chi connectivity index (χ4n) is 2.33. The number of thioether (sulfide) groups is 1. The molecule has 6 heteroatoms. The van der Waals surface area contributed by atoms with Gasteiger partial charge in [0, 0.05) is 18.4 Å². The minimum Gasteiger partial charge on any atom is -0.480 e. The molecule has 1 amide bonds. The predicted octanol–water partition coefficient (Wildman–Crippen LogP) is 1.62. The maximum Gasteiger partial charge on any atom is 0.327 e. The van der Waals surface area contributed by atoms with Crippen LogP contribution in [0.25, 0.3) is 0 Å². The first-order valence-corrected chi connectivity index (χ1v) is 8.00. The number of hydrogen-bond donors (Lipinski definition) is 2. The molecule has 2 rings (SSSR count). The molecule has 0 saturated heterocycles. The number of carboxylic acid groups (broad SMARTS) is 1. The lowest BCUT2D eigenvalue weighted by atomic mass is 9.99. The largest absolute Gasteiger partial charge is 0.480 e. The van der Waals surface area contributed by atoms with Crippen LogP contribution in [0.3, 0.4) is 0 Å². The molecule has 2 atom stereocenters. The second-order valence-corrected chi connectivity index (χ2v) is 6.01. The number of hydrogen-bond acceptors (Lipinski definition) is 4. The molecular formula is C15H19NO4S. The van der Waals surface area contributed by atoms with E-state index in [-0.39, 0.29) is 12.0 Å². The van der Waals surface area contributed by atoms with Crippen molar-refractivity contribution in [3.05, 3.63) is 35.4 Å². The molecule has 1 heterocycles. The van der Waals surface area contributed by atoms with Crippen molar-refractivity contribution in [3.8, 4) is 0 Å². The Balaban J connectivity index is 1.89. The molecule has 0 fully saturated rings. The molecule has 1 aromatic carbocycles. The van der Waals surface area contributed by atoms with Gasteiger partial charge in [-0.3, -0.25) is 4.79 Å². The van der Waals surface area contributed by atoms with Gasteiger partial charge in [-0.1, -0.05) is 24.3 Å². The highest BCUT2D eigenvalue weighted by Crippen LogP contribution is 2.29. The number of benzene rings is 1. The van der Waals surface area contributed by atoms with E-state index >= 15 is 0 Å². The predicted molar refractivity (Wildman–Crippen MR) is 81.4 cm³/mol. The Morgan fingerprint density at radius 1 is 1.48 bits per heavy atom. The van der Waals surface area contributed by atoms with Gasteiger partial charge in [-0.2, -0.15) is 11.8 Å². The van der Waals surface area contributed by atoms with Crippen LogP contribution in [0.4, 0.5) is 0 Å². The number of aliphatic carboxylic acids is 1. The van der Waals surface area contributed by atoms with Crippen molar-refractivity contribution in [1.82, 2.24) is 5.32 Å². The molecule has 1 aliphatic heterocycles. The molecule has 0 saturated carbocycles. The summed E-state index contributed by atoms with van der Waals surface area (Å²) in [6.07, 6.45) is 0.910. The molecule has 1 aromatic rings. The van der Waals surface area contributed by atoms with Crippen LogP contribution in [-0.4, -0.2) is 41.1 Å². The topological polar surface area (TPSA) is 75.6 Å². The van der Waals surface area contributed by atoms with Crippen molar-refractivity contribution in [2.24, 2.45) is 0 Å². The molecule has 0 radical (unpaired) electrons. The summed E-state index contributed by atoms with van der Waals surface area (Å²) in [6.45, 7) is 2.01. The highest BCUT2D eigenvalue weighted by Gasteiger charge is 2.23. The lowest BCUT2D eigenvalue weighted by Crippen LogP contribution is -2.41. The van der Waals surface area contributed by atoms with Crippen LogP contribution >= 0.6 is 11.8 Å². The van der Waals surface area contributed by atoms with E-state index in [1.54, 1.807) is 0 Å². The van der Waals surface area contributed by atoms with Crippen molar-refractivity contribution >= 4 is 23.6 Å². The minimum atomic E-state index is -1.01. The van der Waals surface area contributed by atoms with E-state index in [1.807, 2.05) is 12.1 Å². The molecule has 2 N–H and O–H groups in total. The van der Waals surface area contributed by atoms with Gasteiger partial charge in [0.25, 0.3) is 0 Å². The van der Waals surface area contributed by atoms with E-state index < -0.39 is 12.0 Å². The quantitative estimate of drug-likeness (QED) is 0.835. The van der Waals surface area contributed by atoms with E-state index in [2.05, 4.69) is 17.4 Å². The molecular weight excluding hydrogens is 290 g/mol. The number of ether oxygens (including phenoxy) is 1. The van der Waals surface area contributed by atoms with Gasteiger partial charge in [0.05, 0.1) is 12.7 Å². The zero-order chi connectivity index (χ0) is 15.2. The first-order valence-electron chi connectivity index (χ1n) is 6.85. The highest BCUT2D eigenvalue weighted by atomic mass is 32.2. The van der Waals surface area contributed by atoms with Crippen LogP contribution in [0.1, 0.15) is 24.2 Å². The number of carbonyl (C=O) groups excluding carboxylic acids is 1. The summed E-state index contributed by atoms with van der Waals surface area (Å²) in [5.74, 6) is -0.331. The van der Waals surface area contributed by atoms with Gasteiger partial charge in [-0.25, -0.2) is 4.79 Å². The van der Waals surface area contributed by atoms with Crippen molar-refractivity contribution in [2.75, 3.05) is 18.1 Å². The summed E-state index contributed by atoms with van der Waals surface area (Å²) < 4.78 is 5.77. The van der Waals surface area contributed by atoms with Crippen molar-refractivity contribution in [1.29, 1.82) is 0 Å². The van der Waals surface area contributed by atoms with Gasteiger partial charge >= 0.3 is 5.97 Å². The summed E-state index contributed by atoms with van der Waals surface area (Å²) in [5.41, 5.74) is 2.48. The van der Waals surface area contributed by atoms with Gasteiger partial charge < -0.3 is 15.2 Å². The summed E-state index contributed by atoms with van der Waals surface area (Å²) in [5, 5.41) is 11.5. The Morgan fingerprint density at radius 2 is 2.24 bits per heavy atom. The zero-order valence-electron chi connectivity index (χ0n) is 11.9. The minimum absolute atomic E-state index is 0.00766. The average Bonchev–Trinajstić information content (AvgIpc) is 2.46. The lowest BCUT2D eigenvalue weighted by molar-refractivity contribution is -0.140. The van der Waals surface area contributed by atoms with Crippen molar-refractivity contribution in [2.45, 2.75) is 25.5 Å². The van der Waals surface area contributed by atoms with Gasteiger partial charge in [0.1, 0.15) is 6.04 Å². The number of carboxylic acids is 1. The van der Waals surface area contributed by atoms with Gasteiger partial charge in [-0.15, -0.1) is 0 Å². The Kier molecular flexibility index (Phi) is 5.64. The molecule has 0 spiro atoms. The highest BCUT2D eigenvalue weighted by molar-refractivity contribution is 7.99. The Labute approximate surface area is 128 Å². The first-order chi connectivity index (χ1) is 10.1. The SMILES string of the molecule is CC(=O)N[C@@H](CSCC1OCCc2ccccc21)C(=O)O. The third-order valence-electron chi connectivity index (χ3n) is 3.32. The van der Waals surface area contributed by atoms with E-state index in [0.29, 0.717) is 18.1 Å². The Bertz CT molecular complexity index is 520. The molecule has 0 aliphatic carbocycles. The number of fused-ring (bicyclic) bond motifs is 1. The zero-order valence-corrected chi connectivity index (χ0v) is 12.7. The number of rotatable bonds is 6. The molecule has 1 unspecified atom stereocenters. The smallest absolute Gasteiger partial charge is 0.327 e. The summed E-state index contributed by atoms with van der Waals surface area (Å²) in [6, 6.07) is 7.31. The van der Waals surface area contributed by atoms with E-state index in [4.69, 9.17) is 9.84 Å². The van der Waals surface area contributed by atoms with Gasteiger partial charge in [-0.05, 0) is 17.5 Å². The number of amides is 1. The third kappa shape index (κ3) is 4.47. The van der Waals surface area contributed by atoms with Crippen molar-refractivity contribution in [3.63, 3.8) is 0 Å². The van der Waals surface area contributed by atoms with E-state index in [0.717, 1.165) is 6.42 Å². The maximum absolute atomic E-state index is 11.1. The number of carbonyl (C=O) groups is 2. The third-order valence-corrected chi connectivity index (χ3v) is 4.43. The second kappa shape index (κ2) is 7.47. The van der Waals surface area contributed by atoms with E-state index in [9.17, 15) is 9.59 Å². The fraction of sp³-hybridized carbons (Fsp3) is 0.467. The average molecular weight is 309 g/mol. The maximum atomic E-state index is 11.1. The summed E-state index contributed by atoms with van der Waals surface area (Å²) in [4.78, 5) is 22.0. The lowest BCUT2D eigenvalue weighted by Gasteiger charge is -2.26. The normalized spacial score (nSPS) is 18.6. The molecule has 114 valence electrons. The molecule has 5 nitrogen and oxygen atoms in total. The summed E-state index contributed by atoms with van der Waals surface area (Å²) in [7, 11) is 0. The Hall–Kier alpha value is -1.53. The van der Waals surface area contributed by atoms with Crippen LogP contribution in [0.5, 0.6) is 0 Å². The van der Waals surface area contributed by atoms with Crippen LogP contribution in [0.2, 0.25) is 0 Å². The molecule has 1 aliphatic rings. The fourth-order valence-corrected chi connectivity index (χ4v) is 3.42. The van der Waals surface area contributed by atoms with Crippen LogP contribution < -0.4 is 5.32 Å². The second-order valence-electron chi connectivity index (χ2n) is 4.94. The number of nitrogens with one attached hydrogen (secondary N) is 1. The molecule has 21 heavy (non-hydrogen) atoms. The van der Waals surface area contributed by atoms with E-state index in [1.165, 1.54) is 29.8 Å². The summed E-state index contributed by atoms with van der Waals surface area (Å²) >= 11 is 1.48. The van der Waals surface area contributed by atoms with Crippen LogP contribution in [0.15, 0.2) is 24.3 Å². The first kappa shape index (κ1) is 15.9. The molecule has 0 bridgehead atoms. The monoisotopic (exact) mass is 309 g/mol. The van der Waals surface area contributed by atoms with Crippen molar-refractivity contribution < 1.29 is 19.4 Å². The van der Waals surface area contributed by atoms with Gasteiger partial charge in [0.15, 0.2) is 0 Å². The standard InChI is InChI=1S/C15H19NO4S/c1-10(17)16-13(15(18)19)8-21-9-14-12-5-3-2-4-11(12)6-7-20-14/h2-5,13-14H,6-9H2,1H3,(H,16,17)(H,18,19)/t13-,14?/m0/s1. The van der Waals surface area contributed by atoms with Crippen LogP contribution in [-0.2, 0) is 20.7 Å². The van der Waals surface area contributed by atoms with Crippen LogP contribution in [0, 0.1) is 0 Å². The Morgan fingerprint density at radius 3 is 2.95 bits per heavy atom. The van der Waals surface area contributed by atoms with Gasteiger partial charge in [0.2, 0.25) is 5.91 Å².